The summed E-state index contributed by atoms with van der Waals surface area (Å²) < 4.78 is 38.9. The van der Waals surface area contributed by atoms with Gasteiger partial charge >= 0.3 is 5.97 Å². The third-order valence-electron chi connectivity index (χ3n) is 8.68. The summed E-state index contributed by atoms with van der Waals surface area (Å²) in [7, 11) is 0. The van der Waals surface area contributed by atoms with Crippen LogP contribution in [0, 0.1) is 0 Å². The molecule has 6 heterocycles. The number of fused-ring (bicyclic) bond motifs is 2. The van der Waals surface area contributed by atoms with Gasteiger partial charge in [0.15, 0.2) is 28.6 Å². The minimum Gasteiger partial charge on any atom is -0.488 e. The number of likely N-dealkylation sites (tertiary alicyclic amines) is 1. The van der Waals surface area contributed by atoms with Gasteiger partial charge < -0.3 is 28.6 Å². The molecular formula is C32H33ClFN5O6. The van der Waals surface area contributed by atoms with Crippen molar-refractivity contribution in [1.82, 2.24) is 24.4 Å². The van der Waals surface area contributed by atoms with Crippen LogP contribution in [0.25, 0.3) is 11.2 Å². The van der Waals surface area contributed by atoms with E-state index in [4.69, 9.17) is 35.5 Å². The molecule has 2 atom stereocenters. The number of nitrogens with zero attached hydrogens (tertiary/aromatic N) is 5. The lowest BCUT2D eigenvalue weighted by Gasteiger charge is -2.33. The van der Waals surface area contributed by atoms with Crippen molar-refractivity contribution in [2.45, 2.75) is 57.1 Å². The summed E-state index contributed by atoms with van der Waals surface area (Å²) in [5.41, 5.74) is 2.40. The van der Waals surface area contributed by atoms with Gasteiger partial charge in [0, 0.05) is 31.4 Å². The van der Waals surface area contributed by atoms with E-state index in [2.05, 4.69) is 20.9 Å². The monoisotopic (exact) mass is 637 g/mol. The number of pyridine rings is 2. The molecule has 11 nitrogen and oxygen atoms in total. The van der Waals surface area contributed by atoms with Crippen LogP contribution in [0.4, 0.5) is 4.39 Å². The third-order valence-corrected chi connectivity index (χ3v) is 8.90. The normalized spacial score (nSPS) is 21.6. The fourth-order valence-corrected chi connectivity index (χ4v) is 6.35. The molecule has 236 valence electrons. The van der Waals surface area contributed by atoms with Crippen LogP contribution >= 0.6 is 11.6 Å². The van der Waals surface area contributed by atoms with Gasteiger partial charge in [0.1, 0.15) is 30.3 Å². The highest BCUT2D eigenvalue weighted by molar-refractivity contribution is 6.30. The first-order valence-corrected chi connectivity index (χ1v) is 15.5. The molecule has 1 N–H and O–H groups in total. The molecule has 4 aromatic rings. The fraction of sp³-hybridized carbons (Fsp3) is 0.438. The zero-order chi connectivity index (χ0) is 31.1. The summed E-state index contributed by atoms with van der Waals surface area (Å²) in [6.07, 6.45) is 4.27. The number of carboxylic acid groups (broad SMARTS) is 1. The molecule has 7 rings (SSSR count). The first-order chi connectivity index (χ1) is 21.8. The second-order valence-corrected chi connectivity index (χ2v) is 12.1. The van der Waals surface area contributed by atoms with Crippen molar-refractivity contribution in [2.24, 2.45) is 0 Å². The molecule has 0 radical (unpaired) electrons. The predicted octanol–water partition coefficient (Wildman–Crippen LogP) is 5.34. The Bertz CT molecular complexity index is 1720. The van der Waals surface area contributed by atoms with Crippen molar-refractivity contribution in [3.8, 4) is 17.2 Å². The number of benzene rings is 1. The zero-order valence-electron chi connectivity index (χ0n) is 24.7. The van der Waals surface area contributed by atoms with Gasteiger partial charge in [-0.2, -0.15) is 0 Å². The Morgan fingerprint density at radius 2 is 2.00 bits per heavy atom. The number of aromatic nitrogens is 4. The highest BCUT2D eigenvalue weighted by Gasteiger charge is 2.42. The number of hydrogen-bond donors (Lipinski definition) is 1. The number of carboxylic acids is 1. The minimum atomic E-state index is -1.19. The largest absolute Gasteiger partial charge is 0.488 e. The number of piperidine rings is 1. The first-order valence-electron chi connectivity index (χ1n) is 15.1. The van der Waals surface area contributed by atoms with Crippen LogP contribution in [0.2, 0.25) is 5.02 Å². The topological polar surface area (TPSA) is 121 Å². The summed E-state index contributed by atoms with van der Waals surface area (Å²) in [5.74, 6) is 0.423. The van der Waals surface area contributed by atoms with E-state index in [9.17, 15) is 14.3 Å². The Morgan fingerprint density at radius 1 is 1.18 bits per heavy atom. The lowest BCUT2D eigenvalue weighted by molar-refractivity contribution is -0.0722. The SMILES string of the molecule is C[C@]1(c2ccc(Cl)cn2)Oc2cccc(C3CCN(Cc4nc5c(OCCF)cc(C(=O)O)nc5n4C[C@@H]4CCO4)CC3)c2O1. The first kappa shape index (κ1) is 29.7. The van der Waals surface area contributed by atoms with E-state index in [1.54, 1.807) is 12.3 Å². The maximum Gasteiger partial charge on any atom is 0.354 e. The molecule has 45 heavy (non-hydrogen) atoms. The number of carbonyl (C=O) groups is 1. The van der Waals surface area contributed by atoms with Gasteiger partial charge in [-0.25, -0.2) is 19.2 Å². The van der Waals surface area contributed by atoms with Crippen LogP contribution in [-0.4, -0.2) is 74.6 Å². The van der Waals surface area contributed by atoms with Gasteiger partial charge in [-0.3, -0.25) is 9.88 Å². The number of para-hydroxylation sites is 1. The third kappa shape index (κ3) is 5.78. The molecule has 0 unspecified atom stereocenters. The molecular weight excluding hydrogens is 605 g/mol. The molecule has 13 heteroatoms. The van der Waals surface area contributed by atoms with E-state index in [0.717, 1.165) is 49.5 Å². The maximum atomic E-state index is 13.0. The number of hydrogen-bond acceptors (Lipinski definition) is 9. The number of halogens is 2. The van der Waals surface area contributed by atoms with Crippen molar-refractivity contribution >= 4 is 28.7 Å². The van der Waals surface area contributed by atoms with E-state index >= 15 is 0 Å². The molecule has 2 saturated heterocycles. The average Bonchev–Trinajstić information content (AvgIpc) is 3.55. The lowest BCUT2D eigenvalue weighted by atomic mass is 9.88. The van der Waals surface area contributed by atoms with Crippen molar-refractivity contribution in [2.75, 3.05) is 33.0 Å². The predicted molar refractivity (Wildman–Crippen MR) is 162 cm³/mol. The van der Waals surface area contributed by atoms with Crippen molar-refractivity contribution < 1.29 is 33.2 Å². The van der Waals surface area contributed by atoms with Crippen molar-refractivity contribution in [1.29, 1.82) is 0 Å². The van der Waals surface area contributed by atoms with Gasteiger partial charge in [-0.05, 0) is 56.5 Å². The second kappa shape index (κ2) is 12.1. The molecule has 0 saturated carbocycles. The van der Waals surface area contributed by atoms with Gasteiger partial charge in [0.05, 0.1) is 24.2 Å². The molecule has 0 spiro atoms. The summed E-state index contributed by atoms with van der Waals surface area (Å²) in [6.45, 7) is 4.30. The molecule has 0 amide bonds. The highest BCUT2D eigenvalue weighted by Crippen LogP contribution is 2.49. The van der Waals surface area contributed by atoms with Crippen LogP contribution in [-0.2, 0) is 23.6 Å². The fourth-order valence-electron chi connectivity index (χ4n) is 6.24. The summed E-state index contributed by atoms with van der Waals surface area (Å²) in [6, 6.07) is 10.9. The molecule has 0 aliphatic carbocycles. The standard InChI is InChI=1S/C32H33ClFN5O6/c1-32(26-6-5-20(33)16-35-26)44-24-4-2-3-22(29(24)45-32)19-7-11-38(12-8-19)18-27-37-28-25(43-14-10-34)15-23(31(40)41)36-30(28)39(27)17-21-9-13-42-21/h2-6,15-16,19,21H,7-14,17-18H2,1H3,(H,40,41)/t21-,32-/m0/s1. The number of imidazole rings is 1. The summed E-state index contributed by atoms with van der Waals surface area (Å²) in [5, 5.41) is 10.2. The molecule has 3 aliphatic rings. The molecule has 3 aromatic heterocycles. The number of ether oxygens (including phenoxy) is 4. The molecule has 2 fully saturated rings. The summed E-state index contributed by atoms with van der Waals surface area (Å²) >= 11 is 6.04. The Hall–Kier alpha value is -4.00. The Kier molecular flexibility index (Phi) is 7.96. The minimum absolute atomic E-state index is 0.00599. The van der Waals surface area contributed by atoms with Gasteiger partial charge in [0.25, 0.3) is 5.79 Å². The Labute approximate surface area is 263 Å². The zero-order valence-corrected chi connectivity index (χ0v) is 25.5. The van der Waals surface area contributed by atoms with Crippen molar-refractivity contribution in [3.05, 3.63) is 70.4 Å². The molecule has 0 bridgehead atoms. The van der Waals surface area contributed by atoms with Crippen molar-refractivity contribution in [3.63, 3.8) is 0 Å². The number of rotatable bonds is 10. The Morgan fingerprint density at radius 3 is 2.69 bits per heavy atom. The lowest BCUT2D eigenvalue weighted by Crippen LogP contribution is -2.35. The quantitative estimate of drug-likeness (QED) is 0.244. The average molecular weight is 638 g/mol. The van der Waals surface area contributed by atoms with Crippen LogP contribution in [0.5, 0.6) is 17.2 Å². The maximum absolute atomic E-state index is 13.0. The number of aromatic carboxylic acids is 1. The van der Waals surface area contributed by atoms with Crippen LogP contribution in [0.3, 0.4) is 0 Å². The highest BCUT2D eigenvalue weighted by atomic mass is 35.5. The van der Waals surface area contributed by atoms with E-state index < -0.39 is 18.4 Å². The van der Waals surface area contributed by atoms with Crippen LogP contribution in [0.15, 0.2) is 42.6 Å². The summed E-state index contributed by atoms with van der Waals surface area (Å²) in [4.78, 5) is 27.9. The van der Waals surface area contributed by atoms with E-state index in [0.29, 0.717) is 47.3 Å². The second-order valence-electron chi connectivity index (χ2n) is 11.7. The van der Waals surface area contributed by atoms with E-state index in [1.807, 2.05) is 29.7 Å². The van der Waals surface area contributed by atoms with Crippen LogP contribution < -0.4 is 14.2 Å². The van der Waals surface area contributed by atoms with Gasteiger partial charge in [-0.15, -0.1) is 0 Å². The van der Waals surface area contributed by atoms with E-state index in [-0.39, 0.29) is 30.1 Å². The van der Waals surface area contributed by atoms with Gasteiger partial charge in [-0.1, -0.05) is 23.7 Å². The van der Waals surface area contributed by atoms with Gasteiger partial charge in [0.2, 0.25) is 0 Å². The number of alkyl halides is 1. The van der Waals surface area contributed by atoms with Crippen LogP contribution in [0.1, 0.15) is 59.7 Å². The molecule has 1 aromatic carbocycles. The molecule has 3 aliphatic heterocycles. The van der Waals surface area contributed by atoms with E-state index in [1.165, 1.54) is 6.07 Å². The smallest absolute Gasteiger partial charge is 0.354 e. The Balaban J connectivity index is 1.10.